The monoisotopic (exact) mass is 632 g/mol. The average Bonchev–Trinajstić information content (AvgIpc) is 2.93. The van der Waals surface area contributed by atoms with Crippen molar-refractivity contribution in [3.8, 4) is 17.1 Å². The Morgan fingerprint density at radius 3 is 2.29 bits per heavy atom. The van der Waals surface area contributed by atoms with Gasteiger partial charge in [0.25, 0.3) is 11.2 Å². The van der Waals surface area contributed by atoms with Crippen LogP contribution in [0.4, 0.5) is 5.69 Å². The van der Waals surface area contributed by atoms with E-state index in [0.717, 1.165) is 11.1 Å². The van der Waals surface area contributed by atoms with Crippen molar-refractivity contribution in [3.05, 3.63) is 132 Å². The molecule has 188 valence electrons. The minimum Gasteiger partial charge on any atom is -0.487 e. The normalized spacial score (nSPS) is 11.2. The smallest absolute Gasteiger partial charge is 0.282 e. The minimum absolute atomic E-state index is 0.0240. The number of hydrogen-bond acceptors (Lipinski definition) is 6. The van der Waals surface area contributed by atoms with Gasteiger partial charge in [0.05, 0.1) is 31.0 Å². The van der Waals surface area contributed by atoms with Crippen LogP contribution < -0.4 is 10.3 Å². The van der Waals surface area contributed by atoms with E-state index in [-0.39, 0.29) is 17.9 Å². The number of benzene rings is 4. The highest BCUT2D eigenvalue weighted by Gasteiger charge is 2.13. The number of non-ortho nitro benzene ring substituents is 1. The molecule has 8 nitrogen and oxygen atoms in total. The Hall–Kier alpha value is -4.15. The van der Waals surface area contributed by atoms with Crippen LogP contribution in [0.1, 0.15) is 11.1 Å². The first-order valence-corrected chi connectivity index (χ1v) is 13.0. The molecule has 0 bridgehead atoms. The summed E-state index contributed by atoms with van der Waals surface area (Å²) in [5, 5.41) is 15.8. The number of nitro benzene ring substituents is 1. The molecule has 5 rings (SSSR count). The number of nitrogens with zero attached hydrogens (tertiary/aromatic N) is 4. The second kappa shape index (κ2) is 11.1. The number of fused-ring (bicyclic) bond motifs is 1. The highest BCUT2D eigenvalue weighted by molar-refractivity contribution is 9.11. The zero-order chi connectivity index (χ0) is 26.6. The summed E-state index contributed by atoms with van der Waals surface area (Å²) in [6.45, 7) is 0.223. The molecule has 38 heavy (non-hydrogen) atoms. The van der Waals surface area contributed by atoms with Crippen molar-refractivity contribution in [2.45, 2.75) is 6.61 Å². The van der Waals surface area contributed by atoms with Crippen molar-refractivity contribution in [2.75, 3.05) is 0 Å². The van der Waals surface area contributed by atoms with Crippen LogP contribution in [0.25, 0.3) is 22.3 Å². The molecule has 0 amide bonds. The summed E-state index contributed by atoms with van der Waals surface area (Å²) in [7, 11) is 0. The lowest BCUT2D eigenvalue weighted by atomic mass is 10.2. The molecule has 0 fully saturated rings. The second-order valence-corrected chi connectivity index (χ2v) is 9.91. The molecule has 0 N–H and O–H groups in total. The van der Waals surface area contributed by atoms with E-state index in [1.807, 2.05) is 48.5 Å². The minimum atomic E-state index is -0.441. The fourth-order valence-corrected chi connectivity index (χ4v) is 5.24. The van der Waals surface area contributed by atoms with Gasteiger partial charge < -0.3 is 4.74 Å². The van der Waals surface area contributed by atoms with Gasteiger partial charge in [-0.1, -0.05) is 42.5 Å². The number of aromatic nitrogens is 2. The van der Waals surface area contributed by atoms with E-state index < -0.39 is 4.92 Å². The summed E-state index contributed by atoms with van der Waals surface area (Å²) < 4.78 is 8.58. The van der Waals surface area contributed by atoms with E-state index in [9.17, 15) is 14.9 Å². The lowest BCUT2D eigenvalue weighted by Gasteiger charge is -2.12. The zero-order valence-electron chi connectivity index (χ0n) is 19.6. The maximum Gasteiger partial charge on any atom is 0.282 e. The summed E-state index contributed by atoms with van der Waals surface area (Å²) in [6, 6.07) is 26.4. The van der Waals surface area contributed by atoms with E-state index in [1.165, 1.54) is 16.8 Å². The second-order valence-electron chi connectivity index (χ2n) is 8.21. The molecule has 0 saturated carbocycles. The van der Waals surface area contributed by atoms with Crippen molar-refractivity contribution in [2.24, 2.45) is 5.10 Å². The fourth-order valence-electron chi connectivity index (χ4n) is 3.79. The molecule has 0 radical (unpaired) electrons. The fraction of sp³-hybridized carbons (Fsp3) is 0.0357. The van der Waals surface area contributed by atoms with Crippen molar-refractivity contribution in [1.82, 2.24) is 9.66 Å². The van der Waals surface area contributed by atoms with E-state index in [2.05, 4.69) is 37.0 Å². The summed E-state index contributed by atoms with van der Waals surface area (Å²) >= 11 is 7.08. The topological polar surface area (TPSA) is 99.6 Å². The van der Waals surface area contributed by atoms with Gasteiger partial charge in [0.15, 0.2) is 5.82 Å². The first-order chi connectivity index (χ1) is 18.4. The molecule has 0 aliphatic heterocycles. The standard InChI is InChI=1S/C28H18Br2N4O4/c29-23-14-19(15-24(30)26(23)38-17-18-10-12-21(13-11-18)34(36)37)16-31-33-27(20-6-2-1-3-7-20)32-25-9-5-4-8-22(25)28(33)35/h1-16H,17H2. The number of ether oxygens (including phenoxy) is 1. The third-order valence-corrected chi connectivity index (χ3v) is 6.84. The van der Waals surface area contributed by atoms with E-state index in [0.29, 0.717) is 37.0 Å². The Kier molecular flexibility index (Phi) is 7.43. The molecule has 0 aliphatic carbocycles. The summed E-state index contributed by atoms with van der Waals surface area (Å²) in [5.74, 6) is 1.00. The third kappa shape index (κ3) is 5.41. The van der Waals surface area contributed by atoms with Crippen LogP contribution in [-0.2, 0) is 6.61 Å². The Balaban J connectivity index is 1.45. The molecule has 0 atom stereocenters. The van der Waals surface area contributed by atoms with E-state index in [4.69, 9.17) is 9.72 Å². The van der Waals surface area contributed by atoms with Gasteiger partial charge >= 0.3 is 0 Å². The Morgan fingerprint density at radius 1 is 0.947 bits per heavy atom. The first kappa shape index (κ1) is 25.5. The van der Waals surface area contributed by atoms with Crippen LogP contribution in [0.5, 0.6) is 5.75 Å². The van der Waals surface area contributed by atoms with Crippen LogP contribution >= 0.6 is 31.9 Å². The van der Waals surface area contributed by atoms with Crippen LogP contribution in [0, 0.1) is 10.1 Å². The predicted octanol–water partition coefficient (Wildman–Crippen LogP) is 6.96. The lowest BCUT2D eigenvalue weighted by Crippen LogP contribution is -2.20. The van der Waals surface area contributed by atoms with Gasteiger partial charge in [-0.05, 0) is 79.4 Å². The maximum atomic E-state index is 13.3. The summed E-state index contributed by atoms with van der Waals surface area (Å²) in [5.41, 5.74) is 2.62. The largest absolute Gasteiger partial charge is 0.487 e. The predicted molar refractivity (Wildman–Crippen MR) is 154 cm³/mol. The molecule has 0 saturated heterocycles. The van der Waals surface area contributed by atoms with E-state index >= 15 is 0 Å². The van der Waals surface area contributed by atoms with Gasteiger partial charge in [-0.2, -0.15) is 9.78 Å². The lowest BCUT2D eigenvalue weighted by molar-refractivity contribution is -0.384. The van der Waals surface area contributed by atoms with Gasteiger partial charge in [-0.15, -0.1) is 0 Å². The van der Waals surface area contributed by atoms with Gasteiger partial charge in [0.2, 0.25) is 0 Å². The Bertz CT molecular complexity index is 1710. The molecular formula is C28H18Br2N4O4. The Labute approximate surface area is 233 Å². The molecule has 1 heterocycles. The van der Waals surface area contributed by atoms with Crippen LogP contribution in [0.3, 0.4) is 0 Å². The van der Waals surface area contributed by atoms with Gasteiger partial charge in [-0.25, -0.2) is 4.98 Å². The number of para-hydroxylation sites is 1. The number of nitro groups is 1. The number of hydrogen-bond donors (Lipinski definition) is 0. The quantitative estimate of drug-likeness (QED) is 0.110. The van der Waals surface area contributed by atoms with Gasteiger partial charge in [0, 0.05) is 17.7 Å². The number of rotatable bonds is 7. The highest BCUT2D eigenvalue weighted by Crippen LogP contribution is 2.35. The van der Waals surface area contributed by atoms with Crippen molar-refractivity contribution < 1.29 is 9.66 Å². The molecule has 5 aromatic rings. The van der Waals surface area contributed by atoms with Crippen LogP contribution in [-0.4, -0.2) is 20.8 Å². The molecule has 0 spiro atoms. The van der Waals surface area contributed by atoms with Crippen LogP contribution in [0.15, 0.2) is 110 Å². The molecule has 10 heteroatoms. The zero-order valence-corrected chi connectivity index (χ0v) is 22.8. The summed E-state index contributed by atoms with van der Waals surface area (Å²) in [4.78, 5) is 28.5. The molecule has 0 aliphatic rings. The Morgan fingerprint density at radius 2 is 1.61 bits per heavy atom. The number of halogens is 2. The first-order valence-electron chi connectivity index (χ1n) is 11.4. The van der Waals surface area contributed by atoms with Crippen molar-refractivity contribution in [3.63, 3.8) is 0 Å². The molecular weight excluding hydrogens is 616 g/mol. The van der Waals surface area contributed by atoms with Gasteiger partial charge in [-0.3, -0.25) is 14.9 Å². The molecule has 4 aromatic carbocycles. The van der Waals surface area contributed by atoms with Gasteiger partial charge in [0.1, 0.15) is 12.4 Å². The van der Waals surface area contributed by atoms with Crippen molar-refractivity contribution in [1.29, 1.82) is 0 Å². The highest BCUT2D eigenvalue weighted by atomic mass is 79.9. The summed E-state index contributed by atoms with van der Waals surface area (Å²) in [6.07, 6.45) is 1.58. The SMILES string of the molecule is O=c1c2ccccc2nc(-c2ccccc2)n1N=Cc1cc(Br)c(OCc2ccc([N+](=O)[O-])cc2)c(Br)c1. The van der Waals surface area contributed by atoms with Crippen molar-refractivity contribution >= 4 is 54.7 Å². The van der Waals surface area contributed by atoms with E-state index in [1.54, 1.807) is 36.5 Å². The third-order valence-electron chi connectivity index (χ3n) is 5.66. The average molecular weight is 634 g/mol. The molecule has 1 aromatic heterocycles. The van der Waals surface area contributed by atoms with Crippen LogP contribution in [0.2, 0.25) is 0 Å². The molecule has 0 unspecified atom stereocenters. The maximum absolute atomic E-state index is 13.3.